The van der Waals surface area contributed by atoms with Crippen LogP contribution in [-0.2, 0) is 4.74 Å². The van der Waals surface area contributed by atoms with Crippen LogP contribution in [0.15, 0.2) is 0 Å². The van der Waals surface area contributed by atoms with Gasteiger partial charge in [-0.05, 0) is 18.8 Å². The predicted molar refractivity (Wildman–Crippen MR) is 34.2 cm³/mol. The Labute approximate surface area is 59.6 Å². The number of aliphatic hydroxyl groups is 2. The van der Waals surface area contributed by atoms with Gasteiger partial charge in [0.1, 0.15) is 0 Å². The molecule has 4 unspecified atom stereocenters. The minimum Gasteiger partial charge on any atom is -0.396 e. The topological polar surface area (TPSA) is 49.7 Å². The molecule has 3 nitrogen and oxygen atoms in total. The van der Waals surface area contributed by atoms with Gasteiger partial charge in [0.15, 0.2) is 6.29 Å². The highest BCUT2D eigenvalue weighted by molar-refractivity contribution is 4.90. The van der Waals surface area contributed by atoms with Crippen LogP contribution in [-0.4, -0.2) is 29.2 Å². The van der Waals surface area contributed by atoms with Crippen molar-refractivity contribution in [1.82, 2.24) is 0 Å². The largest absolute Gasteiger partial charge is 0.396 e. The van der Waals surface area contributed by atoms with Crippen molar-refractivity contribution in [2.75, 3.05) is 6.61 Å². The first kappa shape index (κ1) is 6.58. The van der Waals surface area contributed by atoms with Crippen LogP contribution in [0.4, 0.5) is 0 Å². The van der Waals surface area contributed by atoms with Gasteiger partial charge in [-0.2, -0.15) is 0 Å². The summed E-state index contributed by atoms with van der Waals surface area (Å²) in [6, 6.07) is 0. The molecular formula is C7H12O3. The highest BCUT2D eigenvalue weighted by atomic mass is 16.6. The maximum Gasteiger partial charge on any atom is 0.158 e. The molecule has 0 aromatic heterocycles. The first-order chi connectivity index (χ1) is 4.81. The number of fused-ring (bicyclic) bond motifs is 2. The molecule has 0 radical (unpaired) electrons. The molecule has 2 rings (SSSR count). The van der Waals surface area contributed by atoms with Gasteiger partial charge in [0, 0.05) is 12.5 Å². The van der Waals surface area contributed by atoms with Crippen LogP contribution in [0.2, 0.25) is 0 Å². The SMILES string of the molecule is OCC1CC2CC1C(O)O2. The van der Waals surface area contributed by atoms with Gasteiger partial charge in [-0.3, -0.25) is 0 Å². The van der Waals surface area contributed by atoms with Crippen molar-refractivity contribution < 1.29 is 14.9 Å². The Balaban J connectivity index is 2.06. The number of rotatable bonds is 1. The van der Waals surface area contributed by atoms with E-state index in [0.717, 1.165) is 12.8 Å². The van der Waals surface area contributed by atoms with Crippen LogP contribution in [0.5, 0.6) is 0 Å². The van der Waals surface area contributed by atoms with E-state index in [-0.39, 0.29) is 24.5 Å². The minimum absolute atomic E-state index is 0.196. The number of aliphatic hydroxyl groups excluding tert-OH is 2. The molecule has 4 atom stereocenters. The second kappa shape index (κ2) is 2.19. The maximum atomic E-state index is 9.19. The molecule has 3 heteroatoms. The summed E-state index contributed by atoms with van der Waals surface area (Å²) in [7, 11) is 0. The van der Waals surface area contributed by atoms with Gasteiger partial charge < -0.3 is 14.9 Å². The first-order valence-electron chi connectivity index (χ1n) is 3.75. The van der Waals surface area contributed by atoms with Gasteiger partial charge in [0.2, 0.25) is 0 Å². The van der Waals surface area contributed by atoms with Crippen molar-refractivity contribution in [3.05, 3.63) is 0 Å². The molecule has 58 valence electrons. The van der Waals surface area contributed by atoms with E-state index in [1.165, 1.54) is 0 Å². The molecule has 1 saturated heterocycles. The van der Waals surface area contributed by atoms with Crippen molar-refractivity contribution in [3.63, 3.8) is 0 Å². The van der Waals surface area contributed by atoms with E-state index in [1.807, 2.05) is 0 Å². The second-order valence-corrected chi connectivity index (χ2v) is 3.23. The van der Waals surface area contributed by atoms with Crippen LogP contribution in [0.1, 0.15) is 12.8 Å². The Morgan fingerprint density at radius 3 is 2.60 bits per heavy atom. The van der Waals surface area contributed by atoms with E-state index in [9.17, 15) is 5.11 Å². The highest BCUT2D eigenvalue weighted by Gasteiger charge is 2.46. The summed E-state index contributed by atoms with van der Waals surface area (Å²) < 4.78 is 5.14. The maximum absolute atomic E-state index is 9.19. The molecule has 2 bridgehead atoms. The molecule has 10 heavy (non-hydrogen) atoms. The van der Waals surface area contributed by atoms with E-state index in [0.29, 0.717) is 0 Å². The molecule has 1 saturated carbocycles. The third-order valence-corrected chi connectivity index (χ3v) is 2.64. The summed E-state index contributed by atoms with van der Waals surface area (Å²) in [5.41, 5.74) is 0. The van der Waals surface area contributed by atoms with Crippen molar-refractivity contribution in [1.29, 1.82) is 0 Å². The minimum atomic E-state index is -0.601. The van der Waals surface area contributed by atoms with E-state index < -0.39 is 6.29 Å². The molecule has 0 spiro atoms. The van der Waals surface area contributed by atoms with E-state index in [1.54, 1.807) is 0 Å². The monoisotopic (exact) mass is 144 g/mol. The molecule has 1 aliphatic heterocycles. The predicted octanol–water partition coefficient (Wildman–Crippen LogP) is -0.278. The summed E-state index contributed by atoms with van der Waals surface area (Å²) in [5, 5.41) is 18.0. The van der Waals surface area contributed by atoms with Crippen LogP contribution >= 0.6 is 0 Å². The lowest BCUT2D eigenvalue weighted by Gasteiger charge is -2.23. The molecule has 2 aliphatic rings. The summed E-state index contributed by atoms with van der Waals surface area (Å²) in [6.07, 6.45) is 1.48. The molecule has 1 heterocycles. The van der Waals surface area contributed by atoms with Gasteiger partial charge in [0.05, 0.1) is 6.10 Å². The van der Waals surface area contributed by atoms with E-state index >= 15 is 0 Å². The Morgan fingerprint density at radius 2 is 2.20 bits per heavy atom. The average Bonchev–Trinajstić information content (AvgIpc) is 2.44. The lowest BCUT2D eigenvalue weighted by molar-refractivity contribution is -0.148. The van der Waals surface area contributed by atoms with Crippen molar-refractivity contribution in [2.45, 2.75) is 25.2 Å². The van der Waals surface area contributed by atoms with Crippen molar-refractivity contribution >= 4 is 0 Å². The summed E-state index contributed by atoms with van der Waals surface area (Å²) in [4.78, 5) is 0. The van der Waals surface area contributed by atoms with Gasteiger partial charge >= 0.3 is 0 Å². The zero-order chi connectivity index (χ0) is 7.14. The van der Waals surface area contributed by atoms with Gasteiger partial charge in [0.25, 0.3) is 0 Å². The quantitative estimate of drug-likeness (QED) is 0.532. The highest BCUT2D eigenvalue weighted by Crippen LogP contribution is 2.42. The third-order valence-electron chi connectivity index (χ3n) is 2.64. The van der Waals surface area contributed by atoms with Crippen LogP contribution in [0, 0.1) is 11.8 Å². The summed E-state index contributed by atoms with van der Waals surface area (Å²) in [5.74, 6) is 0.490. The second-order valence-electron chi connectivity index (χ2n) is 3.23. The molecule has 2 fully saturated rings. The lowest BCUT2D eigenvalue weighted by atomic mass is 9.96. The van der Waals surface area contributed by atoms with E-state index in [4.69, 9.17) is 9.84 Å². The zero-order valence-electron chi connectivity index (χ0n) is 5.73. The fraction of sp³-hybridized carbons (Fsp3) is 1.00. The van der Waals surface area contributed by atoms with Crippen LogP contribution in [0.25, 0.3) is 0 Å². The first-order valence-corrected chi connectivity index (χ1v) is 3.75. The molecular weight excluding hydrogens is 132 g/mol. The Bertz CT molecular complexity index is 135. The Morgan fingerprint density at radius 1 is 1.40 bits per heavy atom. The number of ether oxygens (including phenoxy) is 1. The average molecular weight is 144 g/mol. The van der Waals surface area contributed by atoms with Gasteiger partial charge in [-0.15, -0.1) is 0 Å². The fourth-order valence-corrected chi connectivity index (χ4v) is 2.07. The van der Waals surface area contributed by atoms with Crippen LogP contribution in [0.3, 0.4) is 0 Å². The molecule has 0 aromatic rings. The molecule has 1 aliphatic carbocycles. The Kier molecular flexibility index (Phi) is 1.44. The normalized spacial score (nSPS) is 52.2. The van der Waals surface area contributed by atoms with Gasteiger partial charge in [-0.25, -0.2) is 0 Å². The summed E-state index contributed by atoms with van der Waals surface area (Å²) in [6.45, 7) is 0.196. The van der Waals surface area contributed by atoms with Gasteiger partial charge in [-0.1, -0.05) is 0 Å². The van der Waals surface area contributed by atoms with E-state index in [2.05, 4.69) is 0 Å². The lowest BCUT2D eigenvalue weighted by Crippen LogP contribution is -2.29. The van der Waals surface area contributed by atoms with Crippen molar-refractivity contribution in [2.24, 2.45) is 11.8 Å². The standard InChI is InChI=1S/C7H12O3/c8-3-4-1-5-2-6(4)7(9)10-5/h4-9H,1-3H2. The van der Waals surface area contributed by atoms with Crippen molar-refractivity contribution in [3.8, 4) is 0 Å². The summed E-state index contributed by atoms with van der Waals surface area (Å²) >= 11 is 0. The number of hydrogen-bond acceptors (Lipinski definition) is 3. The molecule has 2 N–H and O–H groups in total. The smallest absolute Gasteiger partial charge is 0.158 e. The third kappa shape index (κ3) is 0.779. The molecule has 0 aromatic carbocycles. The number of hydrogen-bond donors (Lipinski definition) is 2. The Hall–Kier alpha value is -0.120. The zero-order valence-corrected chi connectivity index (χ0v) is 5.73. The van der Waals surface area contributed by atoms with Crippen LogP contribution < -0.4 is 0 Å². The fourth-order valence-electron chi connectivity index (χ4n) is 2.07. The molecule has 0 amide bonds.